The van der Waals surface area contributed by atoms with Crippen LogP contribution < -0.4 is 16.0 Å². The molecular formula is C16H25N3O2. The Hall–Kier alpha value is -2.04. The number of carbonyl (C=O) groups is 2. The van der Waals surface area contributed by atoms with Crippen molar-refractivity contribution in [2.75, 3.05) is 25.0 Å². The average Bonchev–Trinajstić information content (AvgIpc) is 2.45. The van der Waals surface area contributed by atoms with Crippen molar-refractivity contribution in [2.24, 2.45) is 0 Å². The van der Waals surface area contributed by atoms with E-state index >= 15 is 0 Å². The first-order valence-electron chi connectivity index (χ1n) is 7.47. The normalized spacial score (nSPS) is 10.0. The summed E-state index contributed by atoms with van der Waals surface area (Å²) in [4.78, 5) is 23.4. The molecule has 1 rings (SSSR count). The highest BCUT2D eigenvalue weighted by molar-refractivity contribution is 5.96. The number of rotatable bonds is 8. The van der Waals surface area contributed by atoms with Gasteiger partial charge >= 0.3 is 0 Å². The fourth-order valence-corrected chi connectivity index (χ4v) is 1.97. The van der Waals surface area contributed by atoms with Gasteiger partial charge in [0.1, 0.15) is 0 Å². The number of amides is 2. The van der Waals surface area contributed by atoms with Crippen LogP contribution in [0.4, 0.5) is 5.69 Å². The molecule has 21 heavy (non-hydrogen) atoms. The minimum absolute atomic E-state index is 0.0476. The molecule has 0 fully saturated rings. The van der Waals surface area contributed by atoms with Gasteiger partial charge in [0.15, 0.2) is 0 Å². The fourth-order valence-electron chi connectivity index (χ4n) is 1.97. The topological polar surface area (TPSA) is 70.2 Å². The third-order valence-corrected chi connectivity index (χ3v) is 3.06. The summed E-state index contributed by atoms with van der Waals surface area (Å²) in [5.41, 5.74) is 2.59. The number of hydrogen-bond donors (Lipinski definition) is 3. The summed E-state index contributed by atoms with van der Waals surface area (Å²) < 4.78 is 0. The second kappa shape index (κ2) is 9.00. The minimum Gasteiger partial charge on any atom is -0.385 e. The molecule has 0 radical (unpaired) electrons. The molecule has 3 N–H and O–H groups in total. The van der Waals surface area contributed by atoms with E-state index in [0.29, 0.717) is 25.1 Å². The Morgan fingerprint density at radius 1 is 1.10 bits per heavy atom. The lowest BCUT2D eigenvalue weighted by molar-refractivity contribution is -0.120. The van der Waals surface area contributed by atoms with Gasteiger partial charge in [0, 0.05) is 37.3 Å². The van der Waals surface area contributed by atoms with Crippen LogP contribution in [0.15, 0.2) is 18.2 Å². The van der Waals surface area contributed by atoms with Crippen LogP contribution in [0.25, 0.3) is 0 Å². The largest absolute Gasteiger partial charge is 0.385 e. The molecule has 0 saturated heterocycles. The molecule has 1 aromatic carbocycles. The molecule has 0 atom stereocenters. The van der Waals surface area contributed by atoms with Gasteiger partial charge in [-0.2, -0.15) is 0 Å². The quantitative estimate of drug-likeness (QED) is 0.687. The van der Waals surface area contributed by atoms with E-state index in [-0.39, 0.29) is 11.8 Å². The molecule has 0 heterocycles. The van der Waals surface area contributed by atoms with Gasteiger partial charge in [0.05, 0.1) is 0 Å². The van der Waals surface area contributed by atoms with Crippen molar-refractivity contribution < 1.29 is 9.59 Å². The van der Waals surface area contributed by atoms with Crippen LogP contribution in [0.2, 0.25) is 0 Å². The van der Waals surface area contributed by atoms with Crippen molar-refractivity contribution in [1.82, 2.24) is 10.6 Å². The van der Waals surface area contributed by atoms with Crippen molar-refractivity contribution >= 4 is 17.5 Å². The van der Waals surface area contributed by atoms with Crippen molar-refractivity contribution in [3.05, 3.63) is 29.3 Å². The van der Waals surface area contributed by atoms with E-state index in [1.165, 1.54) is 0 Å². The summed E-state index contributed by atoms with van der Waals surface area (Å²) in [6.45, 7) is 7.76. The molecule has 0 aromatic heterocycles. The molecule has 0 unspecified atom stereocenters. The minimum atomic E-state index is -0.140. The van der Waals surface area contributed by atoms with Crippen LogP contribution in [-0.4, -0.2) is 31.4 Å². The van der Waals surface area contributed by atoms with Gasteiger partial charge in [-0.1, -0.05) is 6.92 Å². The molecule has 1 aromatic rings. The van der Waals surface area contributed by atoms with E-state index < -0.39 is 0 Å². The lowest BCUT2D eigenvalue weighted by Crippen LogP contribution is -2.30. The molecule has 0 aliphatic rings. The van der Waals surface area contributed by atoms with Gasteiger partial charge in [-0.15, -0.1) is 0 Å². The van der Waals surface area contributed by atoms with Crippen LogP contribution in [0.1, 0.15) is 42.6 Å². The molecule has 0 bridgehead atoms. The third-order valence-electron chi connectivity index (χ3n) is 3.06. The van der Waals surface area contributed by atoms with Crippen LogP contribution in [0.3, 0.4) is 0 Å². The molecule has 0 saturated carbocycles. The zero-order valence-corrected chi connectivity index (χ0v) is 13.1. The summed E-state index contributed by atoms with van der Waals surface area (Å²) in [7, 11) is 0. The lowest BCUT2D eigenvalue weighted by Gasteiger charge is -2.10. The molecule has 116 valence electrons. The van der Waals surface area contributed by atoms with Gasteiger partial charge in [0.25, 0.3) is 5.91 Å². The second-order valence-electron chi connectivity index (χ2n) is 4.92. The predicted octanol–water partition coefficient (Wildman–Crippen LogP) is 2.07. The maximum Gasteiger partial charge on any atom is 0.251 e. The Morgan fingerprint density at radius 2 is 1.86 bits per heavy atom. The Morgan fingerprint density at radius 3 is 2.48 bits per heavy atom. The zero-order chi connectivity index (χ0) is 15.7. The highest BCUT2D eigenvalue weighted by Gasteiger charge is 2.09. The Kier molecular flexibility index (Phi) is 7.29. The van der Waals surface area contributed by atoms with E-state index in [9.17, 15) is 9.59 Å². The maximum atomic E-state index is 12.1. The van der Waals surface area contributed by atoms with E-state index in [1.54, 1.807) is 0 Å². The van der Waals surface area contributed by atoms with E-state index in [0.717, 1.165) is 24.2 Å². The third kappa shape index (κ3) is 5.85. The summed E-state index contributed by atoms with van der Waals surface area (Å²) in [6, 6.07) is 5.69. The molecule has 5 nitrogen and oxygen atoms in total. The monoisotopic (exact) mass is 291 g/mol. The lowest BCUT2D eigenvalue weighted by atomic mass is 10.1. The van der Waals surface area contributed by atoms with Crippen LogP contribution in [0.5, 0.6) is 0 Å². The number of carbonyl (C=O) groups excluding carboxylic acids is 2. The highest BCUT2D eigenvalue weighted by atomic mass is 16.2. The van der Waals surface area contributed by atoms with Gasteiger partial charge < -0.3 is 16.0 Å². The van der Waals surface area contributed by atoms with E-state index in [1.807, 2.05) is 32.0 Å². The Balaban J connectivity index is 2.52. The van der Waals surface area contributed by atoms with E-state index in [4.69, 9.17) is 0 Å². The van der Waals surface area contributed by atoms with Crippen molar-refractivity contribution in [3.63, 3.8) is 0 Å². The van der Waals surface area contributed by atoms with Crippen molar-refractivity contribution in [1.29, 1.82) is 0 Å². The van der Waals surface area contributed by atoms with Gasteiger partial charge in [-0.05, 0) is 44.0 Å². The maximum absolute atomic E-state index is 12.1. The summed E-state index contributed by atoms with van der Waals surface area (Å²) in [6.07, 6.45) is 1.36. The van der Waals surface area contributed by atoms with Crippen LogP contribution in [-0.2, 0) is 4.79 Å². The van der Waals surface area contributed by atoms with Crippen molar-refractivity contribution in [3.8, 4) is 0 Å². The predicted molar refractivity (Wildman–Crippen MR) is 85.6 cm³/mol. The number of nitrogens with one attached hydrogen (secondary N) is 3. The first-order chi connectivity index (χ1) is 10.1. The second-order valence-corrected chi connectivity index (χ2v) is 4.92. The average molecular weight is 291 g/mol. The standard InChI is InChI=1S/C16H25N3O2/c1-4-9-18-13-6-7-14(12(3)11-13)16(21)19-10-8-15(20)17-5-2/h6-7,11,18H,4-5,8-10H2,1-3H3,(H,17,20)(H,19,21). The number of aryl methyl sites for hydroxylation is 1. The van der Waals surface area contributed by atoms with Crippen LogP contribution >= 0.6 is 0 Å². The van der Waals surface area contributed by atoms with Gasteiger partial charge in [-0.3, -0.25) is 9.59 Å². The van der Waals surface area contributed by atoms with Gasteiger partial charge in [0.2, 0.25) is 5.91 Å². The van der Waals surface area contributed by atoms with Crippen LogP contribution in [0, 0.1) is 6.92 Å². The van der Waals surface area contributed by atoms with Gasteiger partial charge in [-0.25, -0.2) is 0 Å². The van der Waals surface area contributed by atoms with E-state index in [2.05, 4.69) is 22.9 Å². The SMILES string of the molecule is CCCNc1ccc(C(=O)NCCC(=O)NCC)c(C)c1. The zero-order valence-electron chi connectivity index (χ0n) is 13.1. The summed E-state index contributed by atoms with van der Waals surface area (Å²) >= 11 is 0. The number of benzene rings is 1. The summed E-state index contributed by atoms with van der Waals surface area (Å²) in [5.74, 6) is -0.188. The first kappa shape index (κ1) is 17.0. The Labute approximate surface area is 126 Å². The highest BCUT2D eigenvalue weighted by Crippen LogP contribution is 2.15. The van der Waals surface area contributed by atoms with Crippen molar-refractivity contribution in [2.45, 2.75) is 33.6 Å². The molecular weight excluding hydrogens is 266 g/mol. The molecule has 5 heteroatoms. The molecule has 0 spiro atoms. The first-order valence-corrected chi connectivity index (χ1v) is 7.47. The fraction of sp³-hybridized carbons (Fsp3) is 0.500. The summed E-state index contributed by atoms with van der Waals surface area (Å²) in [5, 5.41) is 8.76. The molecule has 2 amide bonds. The smallest absolute Gasteiger partial charge is 0.251 e. The molecule has 0 aliphatic heterocycles. The molecule has 0 aliphatic carbocycles. The number of anilines is 1. The Bertz CT molecular complexity index is 486. The number of hydrogen-bond acceptors (Lipinski definition) is 3.